The number of carbonyl (C=O) groups is 1. The summed E-state index contributed by atoms with van der Waals surface area (Å²) in [6.07, 6.45) is 5.66. The first-order valence-corrected chi connectivity index (χ1v) is 12.4. The minimum atomic E-state index is -3.76. The van der Waals surface area contributed by atoms with Crippen molar-refractivity contribution >= 4 is 38.9 Å². The highest BCUT2D eigenvalue weighted by molar-refractivity contribution is 7.89. The number of sulfonamides is 1. The van der Waals surface area contributed by atoms with E-state index in [1.54, 1.807) is 36.5 Å². The van der Waals surface area contributed by atoms with Crippen molar-refractivity contribution in [3.8, 4) is 5.75 Å². The quantitative estimate of drug-likeness (QED) is 0.293. The lowest BCUT2D eigenvalue weighted by Gasteiger charge is -2.33. The highest BCUT2D eigenvalue weighted by Gasteiger charge is 2.33. The Morgan fingerprint density at radius 2 is 2.03 bits per heavy atom. The number of fused-ring (bicyclic) bond motifs is 1. The van der Waals surface area contributed by atoms with Gasteiger partial charge in [-0.25, -0.2) is 17.8 Å². The van der Waals surface area contributed by atoms with Crippen LogP contribution in [0.15, 0.2) is 55.0 Å². The second-order valence-corrected chi connectivity index (χ2v) is 10.2. The topological polar surface area (TPSA) is 113 Å². The molecule has 1 N–H and O–H groups in total. The number of hydrogen-bond donors (Lipinski definition) is 1. The predicted octanol–water partition coefficient (Wildman–Crippen LogP) is 3.05. The number of pyridine rings is 2. The minimum absolute atomic E-state index is 0.156. The van der Waals surface area contributed by atoms with Gasteiger partial charge in [-0.3, -0.25) is 20.0 Å². The molecule has 2 aromatic heterocycles. The molecule has 0 bridgehead atoms. The molecular weight excluding hydrogens is 468 g/mol. The first kappa shape index (κ1) is 23.4. The van der Waals surface area contributed by atoms with Crippen LogP contribution >= 0.6 is 11.6 Å². The Kier molecular flexibility index (Phi) is 7.08. The van der Waals surface area contributed by atoms with Crippen LogP contribution in [0.1, 0.15) is 24.4 Å². The third-order valence-corrected chi connectivity index (χ3v) is 7.74. The van der Waals surface area contributed by atoms with Gasteiger partial charge in [-0.1, -0.05) is 17.7 Å². The summed E-state index contributed by atoms with van der Waals surface area (Å²) in [4.78, 5) is 19.4. The molecule has 1 saturated heterocycles. The average Bonchev–Trinajstić information content (AvgIpc) is 2.83. The number of rotatable bonds is 8. The van der Waals surface area contributed by atoms with Gasteiger partial charge in [0.05, 0.1) is 11.3 Å². The number of benzene rings is 1. The Bertz CT molecular complexity index is 1220. The van der Waals surface area contributed by atoms with E-state index >= 15 is 0 Å². The maximum atomic E-state index is 13.1. The SMILES string of the molecule is O=CN(O)C(CS(=O)(=O)N1CCC(Oc2ccnc3cc(Cl)ccc23)CC1)c1cccnc1. The largest absolute Gasteiger partial charge is 0.490 e. The van der Waals surface area contributed by atoms with Crippen LogP contribution in [0.25, 0.3) is 10.9 Å². The summed E-state index contributed by atoms with van der Waals surface area (Å²) < 4.78 is 33.6. The fraction of sp³-hybridized carbons (Fsp3) is 0.318. The molecule has 11 heteroatoms. The van der Waals surface area contributed by atoms with Gasteiger partial charge in [0.2, 0.25) is 16.4 Å². The van der Waals surface area contributed by atoms with Crippen LogP contribution in [0, 0.1) is 0 Å². The lowest BCUT2D eigenvalue weighted by molar-refractivity contribution is -0.159. The number of amides is 1. The molecule has 1 unspecified atom stereocenters. The monoisotopic (exact) mass is 490 g/mol. The zero-order valence-corrected chi connectivity index (χ0v) is 19.2. The lowest BCUT2D eigenvalue weighted by Crippen LogP contribution is -2.44. The normalized spacial score (nSPS) is 16.4. The molecule has 1 amide bonds. The molecule has 174 valence electrons. The standard InChI is InChI=1S/C22H23ClN4O5S/c23-17-3-4-19-20(12-17)25-9-5-22(19)32-18-6-10-26(11-7-18)33(30,31)14-21(27(29)15-28)16-2-1-8-24-13-16/h1-5,8-9,12-13,15,18,21,29H,6-7,10-11,14H2. The number of hydroxylamine groups is 2. The average molecular weight is 491 g/mol. The second kappa shape index (κ2) is 10.0. The molecule has 3 aromatic rings. The number of piperidine rings is 1. The van der Waals surface area contributed by atoms with Crippen LogP contribution < -0.4 is 4.74 Å². The third kappa shape index (κ3) is 5.41. The molecular formula is C22H23ClN4O5S. The Hall–Kier alpha value is -2.79. The van der Waals surface area contributed by atoms with Gasteiger partial charge in [0.15, 0.2) is 0 Å². The van der Waals surface area contributed by atoms with Crippen molar-refractivity contribution in [2.24, 2.45) is 0 Å². The van der Waals surface area contributed by atoms with Gasteiger partial charge in [0, 0.05) is 42.1 Å². The summed E-state index contributed by atoms with van der Waals surface area (Å²) in [6, 6.07) is 9.36. The Balaban J connectivity index is 1.42. The summed E-state index contributed by atoms with van der Waals surface area (Å²) in [6.45, 7) is 0.544. The second-order valence-electron chi connectivity index (χ2n) is 7.75. The molecule has 0 saturated carbocycles. The zero-order valence-electron chi connectivity index (χ0n) is 17.6. The molecule has 3 heterocycles. The number of halogens is 1. The van der Waals surface area contributed by atoms with E-state index in [0.717, 1.165) is 10.9 Å². The molecule has 1 fully saturated rings. The van der Waals surface area contributed by atoms with Crippen LogP contribution in [-0.2, 0) is 14.8 Å². The van der Waals surface area contributed by atoms with E-state index in [1.807, 2.05) is 6.07 Å². The van der Waals surface area contributed by atoms with Gasteiger partial charge < -0.3 is 4.74 Å². The van der Waals surface area contributed by atoms with E-state index in [-0.39, 0.29) is 25.6 Å². The number of aromatic nitrogens is 2. The van der Waals surface area contributed by atoms with Gasteiger partial charge in [-0.05, 0) is 48.7 Å². The Labute approximate surface area is 196 Å². The van der Waals surface area contributed by atoms with Gasteiger partial charge in [0.1, 0.15) is 17.9 Å². The molecule has 1 aliphatic rings. The highest BCUT2D eigenvalue weighted by atomic mass is 35.5. The summed E-state index contributed by atoms with van der Waals surface area (Å²) in [5.41, 5.74) is 1.16. The van der Waals surface area contributed by atoms with Crippen molar-refractivity contribution in [1.29, 1.82) is 0 Å². The molecule has 33 heavy (non-hydrogen) atoms. The van der Waals surface area contributed by atoms with Crippen LogP contribution in [0.2, 0.25) is 5.02 Å². The van der Waals surface area contributed by atoms with Crippen molar-refractivity contribution in [3.05, 3.63) is 65.6 Å². The predicted molar refractivity (Wildman–Crippen MR) is 122 cm³/mol. The van der Waals surface area contributed by atoms with Crippen molar-refractivity contribution < 1.29 is 23.2 Å². The summed E-state index contributed by atoms with van der Waals surface area (Å²) in [5.74, 6) is 0.228. The van der Waals surface area contributed by atoms with Crippen molar-refractivity contribution in [2.75, 3.05) is 18.8 Å². The smallest absolute Gasteiger partial charge is 0.233 e. The van der Waals surface area contributed by atoms with Crippen LogP contribution in [-0.4, -0.2) is 64.3 Å². The fourth-order valence-corrected chi connectivity index (χ4v) is 5.77. The molecule has 4 rings (SSSR count). The molecule has 1 aromatic carbocycles. The Morgan fingerprint density at radius 3 is 2.73 bits per heavy atom. The Morgan fingerprint density at radius 1 is 1.24 bits per heavy atom. The van der Waals surface area contributed by atoms with E-state index in [2.05, 4.69) is 9.97 Å². The number of hydrogen-bond acceptors (Lipinski definition) is 7. The first-order chi connectivity index (χ1) is 15.9. The van der Waals surface area contributed by atoms with E-state index in [4.69, 9.17) is 16.3 Å². The van der Waals surface area contributed by atoms with Crippen molar-refractivity contribution in [2.45, 2.75) is 25.0 Å². The van der Waals surface area contributed by atoms with E-state index in [0.29, 0.717) is 34.2 Å². The van der Waals surface area contributed by atoms with Crippen molar-refractivity contribution in [3.63, 3.8) is 0 Å². The lowest BCUT2D eigenvalue weighted by atomic mass is 10.1. The molecule has 1 aliphatic heterocycles. The fourth-order valence-electron chi connectivity index (χ4n) is 3.88. The van der Waals surface area contributed by atoms with Crippen molar-refractivity contribution in [1.82, 2.24) is 19.3 Å². The van der Waals surface area contributed by atoms with Gasteiger partial charge in [-0.15, -0.1) is 0 Å². The number of nitrogens with zero attached hydrogens (tertiary/aromatic N) is 4. The maximum absolute atomic E-state index is 13.1. The minimum Gasteiger partial charge on any atom is -0.490 e. The van der Waals surface area contributed by atoms with Crippen LogP contribution in [0.5, 0.6) is 5.75 Å². The van der Waals surface area contributed by atoms with Gasteiger partial charge in [-0.2, -0.15) is 0 Å². The molecule has 1 atom stereocenters. The molecule has 9 nitrogen and oxygen atoms in total. The zero-order chi connectivity index (χ0) is 23.4. The van der Waals surface area contributed by atoms with E-state index in [1.165, 1.54) is 16.7 Å². The third-order valence-electron chi connectivity index (χ3n) is 5.62. The summed E-state index contributed by atoms with van der Waals surface area (Å²) >= 11 is 6.04. The van der Waals surface area contributed by atoms with Gasteiger partial charge in [0.25, 0.3) is 0 Å². The van der Waals surface area contributed by atoms with Gasteiger partial charge >= 0.3 is 0 Å². The van der Waals surface area contributed by atoms with E-state index in [9.17, 15) is 18.4 Å². The van der Waals surface area contributed by atoms with Crippen LogP contribution in [0.3, 0.4) is 0 Å². The number of ether oxygens (including phenoxy) is 1. The van der Waals surface area contributed by atoms with Crippen LogP contribution in [0.4, 0.5) is 0 Å². The maximum Gasteiger partial charge on any atom is 0.233 e. The summed E-state index contributed by atoms with van der Waals surface area (Å²) in [7, 11) is -3.76. The molecule has 0 spiro atoms. The highest BCUT2D eigenvalue weighted by Crippen LogP contribution is 2.29. The number of carbonyl (C=O) groups excluding carboxylic acids is 1. The van der Waals surface area contributed by atoms with E-state index < -0.39 is 21.8 Å². The summed E-state index contributed by atoms with van der Waals surface area (Å²) in [5, 5.41) is 11.8. The first-order valence-electron chi connectivity index (χ1n) is 10.4. The molecule has 0 radical (unpaired) electrons. The molecule has 0 aliphatic carbocycles.